The molecule has 0 heterocycles. The molecule has 3 heteroatoms. The minimum absolute atomic E-state index is 0.149. The molecule has 1 aromatic carbocycles. The molecule has 14 heavy (non-hydrogen) atoms. The molecule has 74 valence electrons. The largest absolute Gasteiger partial charge is 0.298 e. The van der Waals surface area contributed by atoms with Crippen LogP contribution in [0.4, 0.5) is 0 Å². The van der Waals surface area contributed by atoms with Gasteiger partial charge in [0, 0.05) is 5.56 Å². The van der Waals surface area contributed by atoms with Crippen molar-refractivity contribution in [2.24, 2.45) is 0 Å². The highest BCUT2D eigenvalue weighted by Gasteiger charge is 2.18. The Morgan fingerprint density at radius 3 is 2.64 bits per heavy atom. The van der Waals surface area contributed by atoms with Crippen LogP contribution in [-0.4, -0.2) is 12.1 Å². The summed E-state index contributed by atoms with van der Waals surface area (Å²) in [5.41, 5.74) is 1.97. The van der Waals surface area contributed by atoms with Gasteiger partial charge >= 0.3 is 0 Å². The molecule has 0 N–H and O–H groups in total. The van der Waals surface area contributed by atoms with Crippen LogP contribution in [-0.2, 0) is 4.79 Å². The van der Waals surface area contributed by atoms with Gasteiger partial charge in [-0.05, 0) is 25.0 Å². The third kappa shape index (κ3) is 2.02. The third-order valence-corrected chi connectivity index (χ3v) is 2.62. The van der Waals surface area contributed by atoms with Gasteiger partial charge in [-0.15, -0.1) is 11.6 Å². The van der Waals surface area contributed by atoms with E-state index in [2.05, 4.69) is 0 Å². The van der Waals surface area contributed by atoms with Gasteiger partial charge in [0.1, 0.15) is 11.7 Å². The van der Waals surface area contributed by atoms with E-state index in [9.17, 15) is 9.59 Å². The summed E-state index contributed by atoms with van der Waals surface area (Å²) in [6, 6.07) is 5.26. The van der Waals surface area contributed by atoms with Crippen LogP contribution in [0.25, 0.3) is 0 Å². The summed E-state index contributed by atoms with van der Waals surface area (Å²) in [4.78, 5) is 21.9. The first-order valence-electron chi connectivity index (χ1n) is 4.27. The normalized spacial score (nSPS) is 12.2. The molecule has 1 atom stereocenters. The molecule has 1 unspecified atom stereocenters. The number of halogens is 1. The molecular formula is C11H11ClO2. The molecule has 0 saturated heterocycles. The van der Waals surface area contributed by atoms with Crippen molar-refractivity contribution in [3.05, 3.63) is 34.9 Å². The van der Waals surface area contributed by atoms with Gasteiger partial charge in [0.05, 0.1) is 0 Å². The van der Waals surface area contributed by atoms with Gasteiger partial charge < -0.3 is 0 Å². The predicted molar refractivity (Wildman–Crippen MR) is 55.8 cm³/mol. The number of carbonyl (C=O) groups excluding carboxylic acids is 2. The first-order valence-corrected chi connectivity index (χ1v) is 4.70. The smallest absolute Gasteiger partial charge is 0.152 e. The van der Waals surface area contributed by atoms with Crippen LogP contribution in [0, 0.1) is 6.92 Å². The molecule has 0 radical (unpaired) electrons. The topological polar surface area (TPSA) is 34.1 Å². The maximum absolute atomic E-state index is 11.1. The number of rotatable bonds is 3. The van der Waals surface area contributed by atoms with Crippen molar-refractivity contribution in [3.8, 4) is 0 Å². The van der Waals surface area contributed by atoms with Crippen molar-refractivity contribution < 1.29 is 9.59 Å². The zero-order valence-electron chi connectivity index (χ0n) is 8.08. The van der Waals surface area contributed by atoms with Gasteiger partial charge in [0.25, 0.3) is 0 Å². The van der Waals surface area contributed by atoms with E-state index in [0.717, 1.165) is 11.8 Å². The van der Waals surface area contributed by atoms with Gasteiger partial charge in [-0.3, -0.25) is 9.59 Å². The number of carbonyl (C=O) groups is 2. The van der Waals surface area contributed by atoms with E-state index < -0.39 is 5.38 Å². The Morgan fingerprint density at radius 2 is 2.14 bits per heavy atom. The van der Waals surface area contributed by atoms with Crippen LogP contribution in [0.15, 0.2) is 18.2 Å². The summed E-state index contributed by atoms with van der Waals surface area (Å²) < 4.78 is 0. The van der Waals surface area contributed by atoms with Crippen LogP contribution in [0.3, 0.4) is 0 Å². The maximum Gasteiger partial charge on any atom is 0.152 e. The number of hydrogen-bond donors (Lipinski definition) is 0. The average molecular weight is 211 g/mol. The number of alkyl halides is 1. The lowest BCUT2D eigenvalue weighted by atomic mass is 9.98. The molecule has 0 saturated carbocycles. The highest BCUT2D eigenvalue weighted by atomic mass is 35.5. The molecule has 2 nitrogen and oxygen atoms in total. The fourth-order valence-electron chi connectivity index (χ4n) is 1.36. The first kappa shape index (κ1) is 10.9. The van der Waals surface area contributed by atoms with E-state index in [-0.39, 0.29) is 5.78 Å². The third-order valence-electron chi connectivity index (χ3n) is 2.10. The summed E-state index contributed by atoms with van der Waals surface area (Å²) in [6.45, 7) is 3.25. The van der Waals surface area contributed by atoms with Crippen molar-refractivity contribution in [2.45, 2.75) is 19.2 Å². The van der Waals surface area contributed by atoms with Crippen LogP contribution < -0.4 is 0 Å². The SMILES string of the molecule is CC(=O)C(Cl)c1c(C)cccc1C=O. The summed E-state index contributed by atoms with van der Waals surface area (Å²) in [6.07, 6.45) is 0.723. The van der Waals surface area contributed by atoms with Gasteiger partial charge in [0.15, 0.2) is 5.78 Å². The number of hydrogen-bond acceptors (Lipinski definition) is 2. The van der Waals surface area contributed by atoms with E-state index in [1.807, 2.05) is 13.0 Å². The summed E-state index contributed by atoms with van der Waals surface area (Å²) >= 11 is 5.92. The van der Waals surface area contributed by atoms with Crippen molar-refractivity contribution in [1.82, 2.24) is 0 Å². The van der Waals surface area contributed by atoms with Gasteiger partial charge in [0.2, 0.25) is 0 Å². The molecule has 0 amide bonds. The van der Waals surface area contributed by atoms with E-state index in [0.29, 0.717) is 11.1 Å². The predicted octanol–water partition coefficient (Wildman–Crippen LogP) is 2.68. The number of aldehydes is 1. The molecular weight excluding hydrogens is 200 g/mol. The summed E-state index contributed by atoms with van der Waals surface area (Å²) in [7, 11) is 0. The zero-order chi connectivity index (χ0) is 10.7. The molecule has 0 aliphatic rings. The molecule has 1 aromatic rings. The minimum Gasteiger partial charge on any atom is -0.298 e. The molecule has 0 bridgehead atoms. The highest BCUT2D eigenvalue weighted by molar-refractivity contribution is 6.31. The quantitative estimate of drug-likeness (QED) is 0.568. The number of benzene rings is 1. The monoisotopic (exact) mass is 210 g/mol. The van der Waals surface area contributed by atoms with Gasteiger partial charge in [-0.1, -0.05) is 18.2 Å². The average Bonchev–Trinajstić information content (AvgIpc) is 2.16. The summed E-state index contributed by atoms with van der Waals surface area (Å²) in [5, 5.41) is -0.726. The zero-order valence-corrected chi connectivity index (χ0v) is 8.84. The lowest BCUT2D eigenvalue weighted by Crippen LogP contribution is -2.07. The Hall–Kier alpha value is -1.15. The second-order valence-electron chi connectivity index (χ2n) is 3.17. The van der Waals surface area contributed by atoms with Crippen molar-refractivity contribution in [2.75, 3.05) is 0 Å². The van der Waals surface area contributed by atoms with E-state index in [1.165, 1.54) is 6.92 Å². The lowest BCUT2D eigenvalue weighted by molar-refractivity contribution is -0.116. The molecule has 1 rings (SSSR count). The van der Waals surface area contributed by atoms with E-state index >= 15 is 0 Å². The minimum atomic E-state index is -0.726. The Balaban J connectivity index is 3.30. The second kappa shape index (κ2) is 4.38. The first-order chi connectivity index (χ1) is 6.57. The summed E-state index contributed by atoms with van der Waals surface area (Å²) in [5.74, 6) is -0.149. The van der Waals surface area contributed by atoms with Crippen LogP contribution in [0.1, 0.15) is 33.8 Å². The second-order valence-corrected chi connectivity index (χ2v) is 3.61. The van der Waals surface area contributed by atoms with Gasteiger partial charge in [-0.2, -0.15) is 0 Å². The Kier molecular flexibility index (Phi) is 3.42. The number of ketones is 1. The van der Waals surface area contributed by atoms with E-state index in [1.54, 1.807) is 12.1 Å². The van der Waals surface area contributed by atoms with Crippen LogP contribution in [0.5, 0.6) is 0 Å². The molecule has 0 aliphatic heterocycles. The fourth-order valence-corrected chi connectivity index (χ4v) is 1.65. The van der Waals surface area contributed by atoms with Crippen molar-refractivity contribution in [3.63, 3.8) is 0 Å². The van der Waals surface area contributed by atoms with Crippen molar-refractivity contribution in [1.29, 1.82) is 0 Å². The maximum atomic E-state index is 11.1. The number of Topliss-reactive ketones (excluding diaryl/α,β-unsaturated/α-hetero) is 1. The van der Waals surface area contributed by atoms with Crippen LogP contribution >= 0.6 is 11.6 Å². The molecule has 0 fully saturated rings. The number of aryl methyl sites for hydroxylation is 1. The lowest BCUT2D eigenvalue weighted by Gasteiger charge is -2.11. The standard InChI is InChI=1S/C11H11ClO2/c1-7-4-3-5-9(6-13)10(7)11(12)8(2)14/h3-6,11H,1-2H3. The van der Waals surface area contributed by atoms with Gasteiger partial charge in [-0.25, -0.2) is 0 Å². The molecule has 0 aliphatic carbocycles. The fraction of sp³-hybridized carbons (Fsp3) is 0.273. The Morgan fingerprint density at radius 1 is 1.50 bits per heavy atom. The highest BCUT2D eigenvalue weighted by Crippen LogP contribution is 2.27. The van der Waals surface area contributed by atoms with E-state index in [4.69, 9.17) is 11.6 Å². The molecule has 0 spiro atoms. The van der Waals surface area contributed by atoms with Crippen LogP contribution in [0.2, 0.25) is 0 Å². The Labute approximate surface area is 87.9 Å². The molecule has 0 aromatic heterocycles. The Bertz CT molecular complexity index is 372. The van der Waals surface area contributed by atoms with Crippen molar-refractivity contribution >= 4 is 23.7 Å².